The second kappa shape index (κ2) is 8.32. The Kier molecular flexibility index (Phi) is 5.01. The van der Waals surface area contributed by atoms with Crippen molar-refractivity contribution in [3.63, 3.8) is 0 Å². The Morgan fingerprint density at radius 1 is 1.00 bits per heavy atom. The van der Waals surface area contributed by atoms with Gasteiger partial charge in [-0.3, -0.25) is 5.43 Å². The van der Waals surface area contributed by atoms with Gasteiger partial charge in [-0.15, -0.1) is 0 Å². The smallest absolute Gasteiger partial charge is 0.106 e. The lowest BCUT2D eigenvalue weighted by Crippen LogP contribution is -2.66. The maximum atomic E-state index is 7.16. The molecule has 0 aromatic rings. The Labute approximate surface area is 214 Å². The zero-order valence-corrected chi connectivity index (χ0v) is 20.8. The molecule has 0 aromatic heterocycles. The molecule has 188 valence electrons. The molecule has 5 nitrogen and oxygen atoms in total. The van der Waals surface area contributed by atoms with Gasteiger partial charge in [0.1, 0.15) is 6.04 Å². The highest BCUT2D eigenvalue weighted by molar-refractivity contribution is 5.74. The molecular formula is C31H37N3O2. The van der Waals surface area contributed by atoms with Crippen LogP contribution >= 0.6 is 0 Å². The minimum absolute atomic E-state index is 0.0504. The molecule has 8 rings (SSSR count). The van der Waals surface area contributed by atoms with Crippen LogP contribution in [-0.4, -0.2) is 42.7 Å². The molecule has 4 aliphatic heterocycles. The fourth-order valence-corrected chi connectivity index (χ4v) is 9.07. The van der Waals surface area contributed by atoms with Gasteiger partial charge < -0.3 is 14.8 Å². The molecule has 8 aliphatic rings. The molecule has 11 unspecified atom stereocenters. The van der Waals surface area contributed by atoms with Crippen molar-refractivity contribution in [2.24, 2.45) is 34.2 Å². The van der Waals surface area contributed by atoms with Crippen LogP contribution < -0.4 is 10.7 Å². The first kappa shape index (κ1) is 21.7. The van der Waals surface area contributed by atoms with Gasteiger partial charge in [-0.05, 0) is 80.2 Å². The van der Waals surface area contributed by atoms with Crippen LogP contribution in [0, 0.1) is 29.1 Å². The summed E-state index contributed by atoms with van der Waals surface area (Å²) < 4.78 is 14.0. The van der Waals surface area contributed by atoms with E-state index in [1.165, 1.54) is 31.3 Å². The summed E-state index contributed by atoms with van der Waals surface area (Å²) >= 11 is 0. The monoisotopic (exact) mass is 483 g/mol. The third-order valence-corrected chi connectivity index (χ3v) is 10.6. The molecule has 11 atom stereocenters. The van der Waals surface area contributed by atoms with Crippen LogP contribution in [0.1, 0.15) is 44.9 Å². The molecule has 4 aliphatic carbocycles. The Morgan fingerprint density at radius 2 is 1.92 bits per heavy atom. The minimum Gasteiger partial charge on any atom is -0.388 e. The van der Waals surface area contributed by atoms with Crippen molar-refractivity contribution in [2.45, 2.75) is 81.4 Å². The molecule has 3 fully saturated rings. The maximum absolute atomic E-state index is 7.16. The number of rotatable bonds is 2. The summed E-state index contributed by atoms with van der Waals surface area (Å²) in [5.41, 5.74) is 6.15. The van der Waals surface area contributed by atoms with Gasteiger partial charge >= 0.3 is 0 Å². The average molecular weight is 484 g/mol. The molecule has 1 spiro atoms. The number of hydrazone groups is 1. The van der Waals surface area contributed by atoms with Gasteiger partial charge in [-0.1, -0.05) is 48.6 Å². The summed E-state index contributed by atoms with van der Waals surface area (Å²) in [7, 11) is 0. The van der Waals surface area contributed by atoms with Crippen LogP contribution in [-0.2, 0) is 9.47 Å². The average Bonchev–Trinajstić information content (AvgIpc) is 3.42. The number of fused-ring (bicyclic) bond motifs is 8. The summed E-state index contributed by atoms with van der Waals surface area (Å²) in [6.45, 7) is 0. The van der Waals surface area contributed by atoms with E-state index >= 15 is 0 Å². The second-order valence-electron chi connectivity index (χ2n) is 12.1. The summed E-state index contributed by atoms with van der Waals surface area (Å²) in [5.74, 6) is 1.89. The molecule has 5 heteroatoms. The minimum atomic E-state index is 0.0504. The Morgan fingerprint density at radius 3 is 2.78 bits per heavy atom. The van der Waals surface area contributed by atoms with Gasteiger partial charge in [-0.2, -0.15) is 5.10 Å². The lowest BCUT2D eigenvalue weighted by Gasteiger charge is -2.65. The first-order chi connectivity index (χ1) is 17.8. The van der Waals surface area contributed by atoms with Crippen LogP contribution in [0.5, 0.6) is 0 Å². The predicted molar refractivity (Wildman–Crippen MR) is 141 cm³/mol. The van der Waals surface area contributed by atoms with Gasteiger partial charge in [0.2, 0.25) is 0 Å². The highest BCUT2D eigenvalue weighted by atomic mass is 16.5. The fraction of sp³-hybridized carbons (Fsp3) is 0.581. The number of nitrogens with zero attached hydrogens (tertiary/aromatic N) is 1. The highest BCUT2D eigenvalue weighted by Crippen LogP contribution is 2.65. The molecule has 0 bridgehead atoms. The van der Waals surface area contributed by atoms with Crippen LogP contribution in [0.2, 0.25) is 0 Å². The molecule has 2 saturated heterocycles. The molecule has 0 amide bonds. The van der Waals surface area contributed by atoms with Crippen LogP contribution in [0.3, 0.4) is 0 Å². The van der Waals surface area contributed by atoms with Crippen molar-refractivity contribution in [3.05, 3.63) is 72.0 Å². The molecule has 4 heterocycles. The first-order valence-corrected chi connectivity index (χ1v) is 14.3. The van der Waals surface area contributed by atoms with E-state index in [9.17, 15) is 0 Å². The third kappa shape index (κ3) is 3.05. The largest absolute Gasteiger partial charge is 0.388 e. The highest BCUT2D eigenvalue weighted by Gasteiger charge is 2.65. The Bertz CT molecular complexity index is 1120. The summed E-state index contributed by atoms with van der Waals surface area (Å²) in [6.07, 6.45) is 34.8. The summed E-state index contributed by atoms with van der Waals surface area (Å²) in [4.78, 5) is 0. The maximum Gasteiger partial charge on any atom is 0.106 e. The SMILES string of the molecule is C1=CC2OC3CCCC=C3C3(C2C=C1)C1C=CC(C2C=NN2)=CC1OC1CC(C2CC=CN2)CCC13. The molecule has 0 radical (unpaired) electrons. The number of nitrogens with one attached hydrogen (secondary N) is 2. The van der Waals surface area contributed by atoms with Gasteiger partial charge in [0.25, 0.3) is 0 Å². The predicted octanol–water partition coefficient (Wildman–Crippen LogP) is 4.72. The zero-order chi connectivity index (χ0) is 23.7. The molecule has 1 saturated carbocycles. The van der Waals surface area contributed by atoms with E-state index in [2.05, 4.69) is 76.7 Å². The van der Waals surface area contributed by atoms with Crippen molar-refractivity contribution in [1.29, 1.82) is 0 Å². The van der Waals surface area contributed by atoms with Crippen LogP contribution in [0.25, 0.3) is 0 Å². The van der Waals surface area contributed by atoms with Gasteiger partial charge in [0.05, 0.1) is 30.6 Å². The van der Waals surface area contributed by atoms with E-state index in [0.717, 1.165) is 19.3 Å². The topological polar surface area (TPSA) is 54.9 Å². The molecule has 36 heavy (non-hydrogen) atoms. The van der Waals surface area contributed by atoms with Crippen molar-refractivity contribution >= 4 is 6.21 Å². The number of hydrogen-bond acceptors (Lipinski definition) is 5. The van der Waals surface area contributed by atoms with Gasteiger partial charge in [0, 0.05) is 23.3 Å². The zero-order valence-electron chi connectivity index (χ0n) is 20.8. The summed E-state index contributed by atoms with van der Waals surface area (Å²) in [6, 6.07) is 0.784. The van der Waals surface area contributed by atoms with Crippen LogP contribution in [0.4, 0.5) is 0 Å². The van der Waals surface area contributed by atoms with Crippen molar-refractivity contribution in [1.82, 2.24) is 10.7 Å². The standard InChI is InChI=1S/C31H37N3O2/c1-3-9-27-21(6-1)31(22-7-2-4-10-28(22)35-27)23-13-11-19(25-8-5-15-32-25)16-29(23)36-30-17-20(12-14-24(30)31)26-18-33-34-26/h1,3,5-7,9,12,14-15,17-19,21,23-30,32,34H,2,4,8,10-11,13,16H2. The van der Waals surface area contributed by atoms with Crippen LogP contribution in [0.15, 0.2) is 77.1 Å². The third-order valence-electron chi connectivity index (χ3n) is 10.6. The second-order valence-corrected chi connectivity index (χ2v) is 12.1. The van der Waals surface area contributed by atoms with Crippen molar-refractivity contribution < 1.29 is 9.47 Å². The van der Waals surface area contributed by atoms with E-state index in [-0.39, 0.29) is 35.9 Å². The quantitative estimate of drug-likeness (QED) is 0.558. The van der Waals surface area contributed by atoms with E-state index < -0.39 is 0 Å². The fourth-order valence-electron chi connectivity index (χ4n) is 9.07. The first-order valence-electron chi connectivity index (χ1n) is 14.3. The normalized spacial score (nSPS) is 49.6. The van der Waals surface area contributed by atoms with Crippen molar-refractivity contribution in [3.8, 4) is 0 Å². The number of hydrogen-bond donors (Lipinski definition) is 2. The molecule has 2 N–H and O–H groups in total. The summed E-state index contributed by atoms with van der Waals surface area (Å²) in [5, 5.41) is 7.79. The van der Waals surface area contributed by atoms with E-state index in [1.807, 2.05) is 6.21 Å². The van der Waals surface area contributed by atoms with Crippen molar-refractivity contribution in [2.75, 3.05) is 0 Å². The van der Waals surface area contributed by atoms with E-state index in [0.29, 0.717) is 29.7 Å². The Hall–Kier alpha value is -2.37. The molecular weight excluding hydrogens is 446 g/mol. The Balaban J connectivity index is 1.25. The lowest BCUT2D eigenvalue weighted by molar-refractivity contribution is -0.214. The number of ether oxygens (including phenoxy) is 2. The van der Waals surface area contributed by atoms with Gasteiger partial charge in [-0.25, -0.2) is 0 Å². The lowest BCUT2D eigenvalue weighted by atomic mass is 9.45. The van der Waals surface area contributed by atoms with E-state index in [4.69, 9.17) is 9.47 Å². The number of allylic oxidation sites excluding steroid dienone is 3. The van der Waals surface area contributed by atoms with E-state index in [1.54, 1.807) is 5.57 Å². The molecule has 0 aromatic carbocycles. The van der Waals surface area contributed by atoms with Gasteiger partial charge in [0.15, 0.2) is 0 Å².